The van der Waals surface area contributed by atoms with Crippen molar-refractivity contribution in [1.29, 1.82) is 0 Å². The SMILES string of the molecule is Cc1nc2nc(C(F)(F)F)nn2c(C)c1CC(=O)NC1CCN(Cc2ccccc2)CC1. The molecule has 0 aliphatic carbocycles. The summed E-state index contributed by atoms with van der Waals surface area (Å²) in [6.07, 6.45) is -2.91. The van der Waals surface area contributed by atoms with Gasteiger partial charge in [0.15, 0.2) is 0 Å². The maximum Gasteiger partial charge on any atom is 0.453 e. The van der Waals surface area contributed by atoms with E-state index in [-0.39, 0.29) is 24.1 Å². The molecule has 0 spiro atoms. The third kappa shape index (κ3) is 4.90. The highest BCUT2D eigenvalue weighted by Crippen LogP contribution is 2.27. The minimum Gasteiger partial charge on any atom is -0.353 e. The Morgan fingerprint density at radius 3 is 2.47 bits per heavy atom. The van der Waals surface area contributed by atoms with Gasteiger partial charge in [0.2, 0.25) is 5.91 Å². The molecule has 1 N–H and O–H groups in total. The third-order valence-electron chi connectivity index (χ3n) is 5.84. The summed E-state index contributed by atoms with van der Waals surface area (Å²) in [6, 6.07) is 10.4. The Kier molecular flexibility index (Phi) is 6.14. The van der Waals surface area contributed by atoms with Crippen LogP contribution in [0.2, 0.25) is 0 Å². The highest BCUT2D eigenvalue weighted by atomic mass is 19.4. The molecule has 3 heterocycles. The lowest BCUT2D eigenvalue weighted by Crippen LogP contribution is -2.44. The fourth-order valence-electron chi connectivity index (χ4n) is 4.10. The van der Waals surface area contributed by atoms with Gasteiger partial charge in [0.1, 0.15) is 0 Å². The van der Waals surface area contributed by atoms with Crippen molar-refractivity contribution in [2.45, 2.75) is 51.9 Å². The summed E-state index contributed by atoms with van der Waals surface area (Å²) in [4.78, 5) is 22.6. The second-order valence-corrected chi connectivity index (χ2v) is 8.19. The first-order valence-corrected chi connectivity index (χ1v) is 10.6. The first kappa shape index (κ1) is 22.2. The van der Waals surface area contributed by atoms with Crippen molar-refractivity contribution in [2.75, 3.05) is 13.1 Å². The lowest BCUT2D eigenvalue weighted by Gasteiger charge is -2.32. The molecule has 0 radical (unpaired) electrons. The number of fused-ring (bicyclic) bond motifs is 1. The molecular formula is C22H25F3N6O. The van der Waals surface area contributed by atoms with Crippen LogP contribution in [0.25, 0.3) is 5.78 Å². The number of benzene rings is 1. The van der Waals surface area contributed by atoms with Gasteiger partial charge in [-0.05, 0) is 32.3 Å². The molecule has 1 aromatic carbocycles. The van der Waals surface area contributed by atoms with Crippen LogP contribution in [0.4, 0.5) is 13.2 Å². The number of piperidine rings is 1. The second-order valence-electron chi connectivity index (χ2n) is 8.19. The molecule has 1 aliphatic rings. The number of nitrogens with one attached hydrogen (secondary N) is 1. The summed E-state index contributed by atoms with van der Waals surface area (Å²) in [6.45, 7) is 5.97. The van der Waals surface area contributed by atoms with Gasteiger partial charge in [-0.3, -0.25) is 9.69 Å². The van der Waals surface area contributed by atoms with Crippen molar-refractivity contribution in [2.24, 2.45) is 0 Å². The number of aromatic nitrogens is 4. The molecule has 0 atom stereocenters. The summed E-state index contributed by atoms with van der Waals surface area (Å²) >= 11 is 0. The van der Waals surface area contributed by atoms with Crippen LogP contribution in [0.1, 0.15) is 41.2 Å². The van der Waals surface area contributed by atoms with Crippen LogP contribution < -0.4 is 5.32 Å². The van der Waals surface area contributed by atoms with Gasteiger partial charge in [-0.25, -0.2) is 9.50 Å². The van der Waals surface area contributed by atoms with Crippen LogP contribution in [-0.4, -0.2) is 49.5 Å². The standard InChI is InChI=1S/C22H25F3N6O/c1-14-18(15(2)31-21(26-14)28-20(29-31)22(23,24)25)12-19(32)27-17-8-10-30(11-9-17)13-16-6-4-3-5-7-16/h3-7,17H,8-13H2,1-2H3,(H,27,32). The Balaban J connectivity index is 1.37. The van der Waals surface area contributed by atoms with Gasteiger partial charge in [-0.2, -0.15) is 18.2 Å². The smallest absolute Gasteiger partial charge is 0.353 e. The molecule has 0 saturated carbocycles. The molecule has 10 heteroatoms. The molecule has 1 aliphatic heterocycles. The highest BCUT2D eigenvalue weighted by molar-refractivity contribution is 5.79. The van der Waals surface area contributed by atoms with Crippen LogP contribution >= 0.6 is 0 Å². The van der Waals surface area contributed by atoms with E-state index in [4.69, 9.17) is 0 Å². The number of hydrogen-bond acceptors (Lipinski definition) is 5. The quantitative estimate of drug-likeness (QED) is 0.652. The molecule has 32 heavy (non-hydrogen) atoms. The summed E-state index contributed by atoms with van der Waals surface area (Å²) in [7, 11) is 0. The van der Waals surface area contributed by atoms with E-state index in [1.165, 1.54) is 5.56 Å². The van der Waals surface area contributed by atoms with E-state index < -0.39 is 12.0 Å². The molecule has 3 aromatic rings. The van der Waals surface area contributed by atoms with Gasteiger partial charge in [-0.1, -0.05) is 30.3 Å². The molecule has 2 aromatic heterocycles. The Hall–Kier alpha value is -3.01. The molecular weight excluding hydrogens is 421 g/mol. The van der Waals surface area contributed by atoms with E-state index in [1.807, 2.05) is 18.2 Å². The maximum atomic E-state index is 12.9. The number of carbonyl (C=O) groups excluding carboxylic acids is 1. The van der Waals surface area contributed by atoms with E-state index in [0.717, 1.165) is 37.0 Å². The molecule has 170 valence electrons. The number of rotatable bonds is 5. The fraction of sp³-hybridized carbons (Fsp3) is 0.455. The lowest BCUT2D eigenvalue weighted by atomic mass is 10.0. The molecule has 0 bridgehead atoms. The third-order valence-corrected chi connectivity index (χ3v) is 5.84. The van der Waals surface area contributed by atoms with E-state index in [0.29, 0.717) is 17.0 Å². The average molecular weight is 446 g/mol. The molecule has 1 fully saturated rings. The normalized spacial score (nSPS) is 15.9. The van der Waals surface area contributed by atoms with E-state index in [9.17, 15) is 18.0 Å². The number of carbonyl (C=O) groups is 1. The molecule has 1 saturated heterocycles. The van der Waals surface area contributed by atoms with Crippen LogP contribution in [0, 0.1) is 13.8 Å². The van der Waals surface area contributed by atoms with Gasteiger partial charge in [-0.15, -0.1) is 5.10 Å². The second kappa shape index (κ2) is 8.85. The molecule has 7 nitrogen and oxygen atoms in total. The molecule has 4 rings (SSSR count). The van der Waals surface area contributed by atoms with Gasteiger partial charge in [0.05, 0.1) is 6.42 Å². The van der Waals surface area contributed by atoms with Crippen molar-refractivity contribution < 1.29 is 18.0 Å². The van der Waals surface area contributed by atoms with Gasteiger partial charge < -0.3 is 5.32 Å². The van der Waals surface area contributed by atoms with Crippen molar-refractivity contribution in [3.05, 3.63) is 58.7 Å². The Morgan fingerprint density at radius 2 is 1.81 bits per heavy atom. The summed E-state index contributed by atoms with van der Waals surface area (Å²) < 4.78 is 39.9. The summed E-state index contributed by atoms with van der Waals surface area (Å²) in [5.74, 6) is -1.53. The zero-order chi connectivity index (χ0) is 22.9. The molecule has 1 amide bonds. The van der Waals surface area contributed by atoms with Crippen molar-refractivity contribution in [1.82, 2.24) is 29.8 Å². The van der Waals surface area contributed by atoms with Crippen LogP contribution in [0.5, 0.6) is 0 Å². The highest BCUT2D eigenvalue weighted by Gasteiger charge is 2.37. The lowest BCUT2D eigenvalue weighted by molar-refractivity contribution is -0.144. The minimum atomic E-state index is -4.65. The predicted octanol–water partition coefficient (Wildman–Crippen LogP) is 3.08. The summed E-state index contributed by atoms with van der Waals surface area (Å²) in [5, 5.41) is 6.60. The minimum absolute atomic E-state index is 0.0338. The van der Waals surface area contributed by atoms with Gasteiger partial charge in [0, 0.05) is 42.6 Å². The number of halogens is 3. The van der Waals surface area contributed by atoms with E-state index in [2.05, 4.69) is 37.4 Å². The van der Waals surface area contributed by atoms with Crippen LogP contribution in [0.3, 0.4) is 0 Å². The number of nitrogens with zero attached hydrogens (tertiary/aromatic N) is 5. The van der Waals surface area contributed by atoms with E-state index in [1.54, 1.807) is 13.8 Å². The fourth-order valence-corrected chi connectivity index (χ4v) is 4.10. The predicted molar refractivity (Wildman–Crippen MR) is 112 cm³/mol. The Morgan fingerprint density at radius 1 is 1.12 bits per heavy atom. The first-order chi connectivity index (χ1) is 15.2. The zero-order valence-electron chi connectivity index (χ0n) is 18.0. The van der Waals surface area contributed by atoms with Gasteiger partial charge in [0.25, 0.3) is 11.6 Å². The van der Waals surface area contributed by atoms with Crippen molar-refractivity contribution in [3.63, 3.8) is 0 Å². The van der Waals surface area contributed by atoms with Gasteiger partial charge >= 0.3 is 6.18 Å². The first-order valence-electron chi connectivity index (χ1n) is 10.6. The van der Waals surface area contributed by atoms with E-state index >= 15 is 0 Å². The maximum absolute atomic E-state index is 12.9. The Labute approximate surface area is 183 Å². The monoisotopic (exact) mass is 446 g/mol. The number of likely N-dealkylation sites (tertiary alicyclic amines) is 1. The number of aryl methyl sites for hydroxylation is 2. The van der Waals surface area contributed by atoms with Crippen molar-refractivity contribution in [3.8, 4) is 0 Å². The topological polar surface area (TPSA) is 75.4 Å². The number of alkyl halides is 3. The van der Waals surface area contributed by atoms with Crippen molar-refractivity contribution >= 4 is 11.7 Å². The largest absolute Gasteiger partial charge is 0.453 e. The number of amides is 1. The Bertz CT molecular complexity index is 1100. The average Bonchev–Trinajstić information content (AvgIpc) is 3.18. The van der Waals surface area contributed by atoms with Crippen LogP contribution in [0.15, 0.2) is 30.3 Å². The number of hydrogen-bond donors (Lipinski definition) is 1. The zero-order valence-corrected chi connectivity index (χ0v) is 18.0. The molecule has 0 unspecified atom stereocenters. The summed E-state index contributed by atoms with van der Waals surface area (Å²) in [5.41, 5.74) is 2.74. The van der Waals surface area contributed by atoms with Crippen LogP contribution in [-0.2, 0) is 23.9 Å².